The third-order valence-electron chi connectivity index (χ3n) is 5.55. The summed E-state index contributed by atoms with van der Waals surface area (Å²) in [6.07, 6.45) is 6.58. The summed E-state index contributed by atoms with van der Waals surface area (Å²) in [5, 5.41) is 22.5. The van der Waals surface area contributed by atoms with Crippen molar-refractivity contribution in [3.05, 3.63) is 40.3 Å². The highest BCUT2D eigenvalue weighted by molar-refractivity contribution is 7.99. The Labute approximate surface area is 195 Å². The number of carbonyl (C=O) groups excluding carboxylic acids is 1. The summed E-state index contributed by atoms with van der Waals surface area (Å²) in [7, 11) is 3.49. The highest BCUT2D eigenvalue weighted by Crippen LogP contribution is 2.37. The summed E-state index contributed by atoms with van der Waals surface area (Å²) >= 11 is 2.87. The topological polar surface area (TPSA) is 92.8 Å². The number of nitrogens with one attached hydrogen (secondary N) is 1. The van der Waals surface area contributed by atoms with Crippen LogP contribution in [-0.2, 0) is 24.7 Å². The number of nitrogens with zero attached hydrogens (tertiary/aromatic N) is 4. The zero-order valence-electron chi connectivity index (χ0n) is 18.2. The third-order valence-corrected chi connectivity index (χ3v) is 7.78. The quantitative estimate of drug-likeness (QED) is 0.523. The number of benzene rings is 1. The van der Waals surface area contributed by atoms with Gasteiger partial charge in [-0.05, 0) is 43.4 Å². The molecule has 1 N–H and O–H groups in total. The van der Waals surface area contributed by atoms with E-state index in [-0.39, 0.29) is 11.7 Å². The minimum absolute atomic E-state index is 0.150. The predicted molar refractivity (Wildman–Crippen MR) is 127 cm³/mol. The minimum atomic E-state index is -0.150. The molecule has 2 heterocycles. The highest BCUT2D eigenvalue weighted by Gasteiger charge is 2.21. The van der Waals surface area contributed by atoms with E-state index >= 15 is 0 Å². The van der Waals surface area contributed by atoms with Crippen LogP contribution in [0, 0.1) is 11.3 Å². The molecule has 4 rings (SSSR count). The minimum Gasteiger partial charge on any atom is -0.496 e. The van der Waals surface area contributed by atoms with E-state index in [0.29, 0.717) is 21.5 Å². The zero-order chi connectivity index (χ0) is 22.5. The van der Waals surface area contributed by atoms with Crippen molar-refractivity contribution in [2.45, 2.75) is 43.7 Å². The number of anilines is 1. The fourth-order valence-electron chi connectivity index (χ4n) is 3.92. The molecule has 9 heteroatoms. The molecule has 0 fully saturated rings. The molecule has 1 aliphatic rings. The summed E-state index contributed by atoms with van der Waals surface area (Å²) in [5.41, 5.74) is 2.62. The molecule has 1 aliphatic carbocycles. The number of hydrogen-bond acceptors (Lipinski definition) is 7. The summed E-state index contributed by atoms with van der Waals surface area (Å²) < 4.78 is 7.28. The fourth-order valence-corrected chi connectivity index (χ4v) is 5.89. The van der Waals surface area contributed by atoms with Gasteiger partial charge in [0.1, 0.15) is 16.8 Å². The van der Waals surface area contributed by atoms with Crippen LogP contribution in [0.4, 0.5) is 5.00 Å². The Kier molecular flexibility index (Phi) is 7.12. The molecule has 1 aromatic carbocycles. The zero-order valence-corrected chi connectivity index (χ0v) is 19.8. The predicted octanol–water partition coefficient (Wildman–Crippen LogP) is 4.81. The van der Waals surface area contributed by atoms with Gasteiger partial charge in [-0.2, -0.15) is 5.26 Å². The van der Waals surface area contributed by atoms with Crippen molar-refractivity contribution < 1.29 is 9.53 Å². The molecular weight excluding hydrogens is 442 g/mol. The van der Waals surface area contributed by atoms with Crippen LogP contribution in [0.15, 0.2) is 29.4 Å². The number of aryl methyl sites for hydroxylation is 1. The van der Waals surface area contributed by atoms with Crippen LogP contribution in [-0.4, -0.2) is 33.5 Å². The second-order valence-electron chi connectivity index (χ2n) is 7.64. The van der Waals surface area contributed by atoms with Crippen LogP contribution >= 0.6 is 23.1 Å². The molecule has 2 aromatic heterocycles. The number of aromatic nitrogens is 3. The molecule has 0 atom stereocenters. The monoisotopic (exact) mass is 467 g/mol. The molecule has 166 valence electrons. The lowest BCUT2D eigenvalue weighted by atomic mass is 9.97. The molecule has 0 aliphatic heterocycles. The second kappa shape index (κ2) is 10.2. The van der Waals surface area contributed by atoms with E-state index in [1.807, 2.05) is 35.9 Å². The number of amides is 1. The summed E-state index contributed by atoms with van der Waals surface area (Å²) in [4.78, 5) is 13.9. The molecule has 0 spiro atoms. The molecule has 0 radical (unpaired) electrons. The number of fused-ring (bicyclic) bond motifs is 1. The van der Waals surface area contributed by atoms with E-state index in [0.717, 1.165) is 42.6 Å². The van der Waals surface area contributed by atoms with Gasteiger partial charge >= 0.3 is 0 Å². The molecule has 3 aromatic rings. The van der Waals surface area contributed by atoms with Gasteiger partial charge in [0.15, 0.2) is 11.0 Å². The Balaban J connectivity index is 1.45. The Hall–Kier alpha value is -2.83. The van der Waals surface area contributed by atoms with Gasteiger partial charge < -0.3 is 14.6 Å². The summed E-state index contributed by atoms with van der Waals surface area (Å²) in [6.45, 7) is 0. The van der Waals surface area contributed by atoms with Crippen molar-refractivity contribution in [1.82, 2.24) is 14.8 Å². The second-order valence-corrected chi connectivity index (χ2v) is 9.68. The molecule has 0 bridgehead atoms. The molecule has 0 saturated heterocycles. The van der Waals surface area contributed by atoms with E-state index in [1.54, 1.807) is 18.4 Å². The van der Waals surface area contributed by atoms with Crippen molar-refractivity contribution in [2.24, 2.45) is 7.05 Å². The smallest absolute Gasteiger partial charge is 0.235 e. The van der Waals surface area contributed by atoms with Crippen LogP contribution in [0.25, 0.3) is 11.4 Å². The number of carbonyl (C=O) groups is 1. The Morgan fingerprint density at radius 2 is 2.03 bits per heavy atom. The highest BCUT2D eigenvalue weighted by atomic mass is 32.2. The largest absolute Gasteiger partial charge is 0.496 e. The van der Waals surface area contributed by atoms with E-state index in [2.05, 4.69) is 21.6 Å². The summed E-state index contributed by atoms with van der Waals surface area (Å²) in [6, 6.07) is 9.95. The van der Waals surface area contributed by atoms with Crippen LogP contribution < -0.4 is 10.1 Å². The lowest BCUT2D eigenvalue weighted by Crippen LogP contribution is -2.14. The van der Waals surface area contributed by atoms with Crippen LogP contribution in [0.1, 0.15) is 41.7 Å². The Morgan fingerprint density at radius 3 is 2.81 bits per heavy atom. The van der Waals surface area contributed by atoms with Crippen molar-refractivity contribution in [3.63, 3.8) is 0 Å². The standard InChI is InChI=1S/C23H25N5O2S2/c1-28-21(16-10-7-8-11-18(16)30-2)26-27-23(28)31-14-20(29)25-22-17(13-24)15-9-5-3-4-6-12-19(15)32-22/h7-8,10-11H,3-6,9,12,14H2,1-2H3,(H,25,29). The molecule has 7 nitrogen and oxygen atoms in total. The van der Waals surface area contributed by atoms with Gasteiger partial charge in [-0.3, -0.25) is 4.79 Å². The third kappa shape index (κ3) is 4.66. The fraction of sp³-hybridized carbons (Fsp3) is 0.391. The first-order chi connectivity index (χ1) is 15.6. The van der Waals surface area contributed by atoms with Crippen molar-refractivity contribution in [3.8, 4) is 23.2 Å². The maximum Gasteiger partial charge on any atom is 0.235 e. The van der Waals surface area contributed by atoms with Crippen molar-refractivity contribution in [2.75, 3.05) is 18.2 Å². The molecule has 0 saturated carbocycles. The van der Waals surface area contributed by atoms with Crippen LogP contribution in [0.5, 0.6) is 5.75 Å². The molecule has 0 unspecified atom stereocenters. The SMILES string of the molecule is COc1ccccc1-c1nnc(SCC(=O)Nc2sc3c(c2C#N)CCCCCC3)n1C. The van der Waals surface area contributed by atoms with Gasteiger partial charge in [0.05, 0.1) is 24.0 Å². The number of hydrogen-bond donors (Lipinski definition) is 1. The molecule has 32 heavy (non-hydrogen) atoms. The number of rotatable bonds is 6. The number of methoxy groups -OCH3 is 1. The first-order valence-corrected chi connectivity index (χ1v) is 12.4. The van der Waals surface area contributed by atoms with Gasteiger partial charge in [-0.25, -0.2) is 0 Å². The number of thioether (sulfide) groups is 1. The van der Waals surface area contributed by atoms with Crippen molar-refractivity contribution in [1.29, 1.82) is 5.26 Å². The molecular formula is C23H25N5O2S2. The van der Waals surface area contributed by atoms with E-state index in [4.69, 9.17) is 4.74 Å². The van der Waals surface area contributed by atoms with Crippen molar-refractivity contribution >= 4 is 34.0 Å². The maximum absolute atomic E-state index is 12.7. The van der Waals surface area contributed by atoms with Gasteiger partial charge in [-0.1, -0.05) is 36.7 Å². The Morgan fingerprint density at radius 1 is 1.25 bits per heavy atom. The van der Waals surface area contributed by atoms with Gasteiger partial charge in [0.2, 0.25) is 5.91 Å². The average molecular weight is 468 g/mol. The molecule has 1 amide bonds. The van der Waals surface area contributed by atoms with Gasteiger partial charge in [-0.15, -0.1) is 21.5 Å². The number of nitriles is 1. The lowest BCUT2D eigenvalue weighted by Gasteiger charge is -2.08. The number of thiophene rings is 1. The van der Waals surface area contributed by atoms with Crippen LogP contribution in [0.3, 0.4) is 0 Å². The summed E-state index contributed by atoms with van der Waals surface area (Å²) in [5.74, 6) is 1.43. The Bertz CT molecular complexity index is 1160. The number of para-hydroxylation sites is 1. The maximum atomic E-state index is 12.7. The van der Waals surface area contributed by atoms with Crippen LogP contribution in [0.2, 0.25) is 0 Å². The van der Waals surface area contributed by atoms with E-state index in [9.17, 15) is 10.1 Å². The first kappa shape index (κ1) is 22.4. The van der Waals surface area contributed by atoms with E-state index < -0.39 is 0 Å². The lowest BCUT2D eigenvalue weighted by molar-refractivity contribution is -0.113. The van der Waals surface area contributed by atoms with Gasteiger partial charge in [0, 0.05) is 11.9 Å². The average Bonchev–Trinajstić information content (AvgIpc) is 3.31. The normalized spacial score (nSPS) is 13.5. The number of ether oxygens (including phenoxy) is 1. The van der Waals surface area contributed by atoms with E-state index in [1.165, 1.54) is 29.5 Å². The first-order valence-electron chi connectivity index (χ1n) is 10.6. The van der Waals surface area contributed by atoms with Gasteiger partial charge in [0.25, 0.3) is 0 Å².